The summed E-state index contributed by atoms with van der Waals surface area (Å²) in [6.07, 6.45) is 0.451. The van der Waals surface area contributed by atoms with Crippen molar-refractivity contribution < 1.29 is 9.21 Å². The zero-order valence-corrected chi connectivity index (χ0v) is 12.8. The van der Waals surface area contributed by atoms with Crippen molar-refractivity contribution in [3.05, 3.63) is 28.7 Å². The van der Waals surface area contributed by atoms with E-state index in [4.69, 9.17) is 4.42 Å². The van der Waals surface area contributed by atoms with Gasteiger partial charge in [-0.2, -0.15) is 11.8 Å². The molecule has 0 radical (unpaired) electrons. The Bertz CT molecular complexity index is 679. The number of amides is 1. The van der Waals surface area contributed by atoms with E-state index in [9.17, 15) is 9.59 Å². The van der Waals surface area contributed by atoms with Crippen LogP contribution in [0.25, 0.3) is 11.1 Å². The lowest BCUT2D eigenvalue weighted by Gasteiger charge is -2.22. The lowest BCUT2D eigenvalue weighted by Crippen LogP contribution is -2.39. The summed E-state index contributed by atoms with van der Waals surface area (Å²) in [5.41, 5.74) is 1.72. The van der Waals surface area contributed by atoms with Gasteiger partial charge in [-0.15, -0.1) is 12.4 Å². The molecule has 1 aliphatic rings. The fourth-order valence-corrected chi connectivity index (χ4v) is 3.17. The first-order valence-electron chi connectivity index (χ1n) is 6.44. The zero-order valence-electron chi connectivity index (χ0n) is 11.2. The highest BCUT2D eigenvalue weighted by Crippen LogP contribution is 2.17. The lowest BCUT2D eigenvalue weighted by atomic mass is 10.2. The van der Waals surface area contributed by atoms with Crippen LogP contribution in [0.5, 0.6) is 0 Å². The molecule has 114 valence electrons. The molecule has 1 unspecified atom stereocenters. The van der Waals surface area contributed by atoms with E-state index in [-0.39, 0.29) is 24.4 Å². The standard InChI is InChI=1S/C13H15N3O3S.ClH/c17-12(6-9-7-20-4-3-14-9)15-8-1-2-11-10(5-8)16-13(18)19-11;/h1-2,5,9,14H,3-4,6-7H2,(H,15,17)(H,16,18);1H. The first-order chi connectivity index (χ1) is 9.70. The van der Waals surface area contributed by atoms with Crippen molar-refractivity contribution in [3.8, 4) is 0 Å². The molecular weight excluding hydrogens is 314 g/mol. The third kappa shape index (κ3) is 4.03. The molecule has 0 spiro atoms. The number of hydrogen-bond acceptors (Lipinski definition) is 5. The third-order valence-electron chi connectivity index (χ3n) is 3.13. The van der Waals surface area contributed by atoms with Crippen molar-refractivity contribution in [3.63, 3.8) is 0 Å². The average Bonchev–Trinajstić information content (AvgIpc) is 2.79. The minimum absolute atomic E-state index is 0. The number of hydrogen-bond donors (Lipinski definition) is 3. The van der Waals surface area contributed by atoms with Crippen LogP contribution in [-0.2, 0) is 4.79 Å². The molecule has 2 heterocycles. The molecule has 0 saturated carbocycles. The van der Waals surface area contributed by atoms with Gasteiger partial charge in [-0.3, -0.25) is 9.78 Å². The molecule has 1 aromatic carbocycles. The summed E-state index contributed by atoms with van der Waals surface area (Å²) >= 11 is 1.86. The van der Waals surface area contributed by atoms with Crippen LogP contribution < -0.4 is 16.4 Å². The number of oxazole rings is 1. The maximum atomic E-state index is 12.0. The number of fused-ring (bicyclic) bond motifs is 1. The van der Waals surface area contributed by atoms with Crippen molar-refractivity contribution in [2.45, 2.75) is 12.5 Å². The van der Waals surface area contributed by atoms with Gasteiger partial charge in [-0.05, 0) is 18.2 Å². The third-order valence-corrected chi connectivity index (χ3v) is 4.26. The van der Waals surface area contributed by atoms with Gasteiger partial charge in [0.25, 0.3) is 0 Å². The summed E-state index contributed by atoms with van der Waals surface area (Å²) in [7, 11) is 0. The Morgan fingerprint density at radius 2 is 2.33 bits per heavy atom. The van der Waals surface area contributed by atoms with Crippen molar-refractivity contribution in [2.75, 3.05) is 23.4 Å². The quantitative estimate of drug-likeness (QED) is 0.795. The number of carbonyl (C=O) groups is 1. The average molecular weight is 330 g/mol. The van der Waals surface area contributed by atoms with Crippen LogP contribution in [-0.4, -0.2) is 35.0 Å². The largest absolute Gasteiger partial charge is 0.417 e. The summed E-state index contributed by atoms with van der Waals surface area (Å²) in [6, 6.07) is 5.31. The number of carbonyl (C=O) groups excluding carboxylic acids is 1. The summed E-state index contributed by atoms with van der Waals surface area (Å²) < 4.78 is 4.91. The van der Waals surface area contributed by atoms with E-state index in [0.29, 0.717) is 23.2 Å². The molecule has 1 aromatic heterocycles. The molecule has 21 heavy (non-hydrogen) atoms. The van der Waals surface area contributed by atoms with Crippen LogP contribution in [0.4, 0.5) is 5.69 Å². The van der Waals surface area contributed by atoms with Crippen LogP contribution in [0, 0.1) is 0 Å². The number of thioether (sulfide) groups is 1. The Kier molecular flexibility index (Phi) is 5.33. The van der Waals surface area contributed by atoms with Gasteiger partial charge in [-0.25, -0.2) is 4.79 Å². The highest BCUT2D eigenvalue weighted by molar-refractivity contribution is 7.99. The molecule has 1 fully saturated rings. The Morgan fingerprint density at radius 1 is 1.48 bits per heavy atom. The first kappa shape index (κ1) is 15.9. The molecule has 2 aromatic rings. The number of nitrogens with one attached hydrogen (secondary N) is 3. The van der Waals surface area contributed by atoms with Crippen molar-refractivity contribution in [1.29, 1.82) is 0 Å². The molecule has 3 N–H and O–H groups in total. The smallest absolute Gasteiger partial charge is 0.408 e. The maximum Gasteiger partial charge on any atom is 0.417 e. The normalized spacial score (nSPS) is 18.2. The number of benzene rings is 1. The van der Waals surface area contributed by atoms with Gasteiger partial charge >= 0.3 is 5.76 Å². The van der Waals surface area contributed by atoms with E-state index in [1.165, 1.54) is 0 Å². The molecule has 3 rings (SSSR count). The van der Waals surface area contributed by atoms with Crippen molar-refractivity contribution in [1.82, 2.24) is 10.3 Å². The van der Waals surface area contributed by atoms with Crippen LogP contribution in [0.15, 0.2) is 27.4 Å². The molecule has 1 aliphatic heterocycles. The molecule has 0 aliphatic carbocycles. The van der Waals surface area contributed by atoms with Crippen molar-refractivity contribution in [2.24, 2.45) is 0 Å². The van der Waals surface area contributed by atoms with Crippen LogP contribution >= 0.6 is 24.2 Å². The second-order valence-corrected chi connectivity index (χ2v) is 5.85. The maximum absolute atomic E-state index is 12.0. The predicted molar refractivity (Wildman–Crippen MR) is 86.4 cm³/mol. The highest BCUT2D eigenvalue weighted by Gasteiger charge is 2.16. The number of aromatic amines is 1. The van der Waals surface area contributed by atoms with Gasteiger partial charge in [0.2, 0.25) is 5.91 Å². The van der Waals surface area contributed by atoms with E-state index in [0.717, 1.165) is 18.1 Å². The fraction of sp³-hybridized carbons (Fsp3) is 0.385. The molecule has 8 heteroatoms. The van der Waals surface area contributed by atoms with E-state index < -0.39 is 5.76 Å². The predicted octanol–water partition coefficient (Wildman–Crippen LogP) is 1.58. The van der Waals surface area contributed by atoms with Gasteiger partial charge in [0.15, 0.2) is 5.58 Å². The van der Waals surface area contributed by atoms with E-state index >= 15 is 0 Å². The minimum Gasteiger partial charge on any atom is -0.408 e. The fourth-order valence-electron chi connectivity index (χ4n) is 2.22. The Morgan fingerprint density at radius 3 is 3.10 bits per heavy atom. The summed E-state index contributed by atoms with van der Waals surface area (Å²) in [5.74, 6) is 1.53. The van der Waals surface area contributed by atoms with Crippen LogP contribution in [0.2, 0.25) is 0 Å². The number of halogens is 1. The second kappa shape index (κ2) is 7.02. The SMILES string of the molecule is Cl.O=C(CC1CSCCN1)Nc1ccc2oc(=O)[nH]c2c1. The molecule has 0 bridgehead atoms. The van der Waals surface area contributed by atoms with Gasteiger partial charge in [0.05, 0.1) is 5.52 Å². The summed E-state index contributed by atoms with van der Waals surface area (Å²) in [6.45, 7) is 0.949. The first-order valence-corrected chi connectivity index (χ1v) is 7.60. The van der Waals surface area contributed by atoms with Crippen LogP contribution in [0.1, 0.15) is 6.42 Å². The van der Waals surface area contributed by atoms with Gasteiger partial charge in [0, 0.05) is 36.2 Å². The van der Waals surface area contributed by atoms with Gasteiger partial charge in [-0.1, -0.05) is 0 Å². The highest BCUT2D eigenvalue weighted by atomic mass is 35.5. The van der Waals surface area contributed by atoms with Crippen LogP contribution in [0.3, 0.4) is 0 Å². The molecular formula is C13H16ClN3O3S. The number of rotatable bonds is 3. The Labute approximate surface area is 131 Å². The second-order valence-electron chi connectivity index (χ2n) is 4.70. The van der Waals surface area contributed by atoms with Gasteiger partial charge < -0.3 is 15.1 Å². The van der Waals surface area contributed by atoms with Crippen molar-refractivity contribution >= 4 is 46.9 Å². The summed E-state index contributed by atoms with van der Waals surface area (Å²) in [5, 5.41) is 6.16. The number of aromatic nitrogens is 1. The van der Waals surface area contributed by atoms with Gasteiger partial charge in [0.1, 0.15) is 0 Å². The number of H-pyrrole nitrogens is 1. The lowest BCUT2D eigenvalue weighted by molar-refractivity contribution is -0.116. The molecule has 1 amide bonds. The molecule has 6 nitrogen and oxygen atoms in total. The van der Waals surface area contributed by atoms with E-state index in [2.05, 4.69) is 15.6 Å². The number of anilines is 1. The molecule has 1 atom stereocenters. The monoisotopic (exact) mass is 329 g/mol. The molecule has 1 saturated heterocycles. The Hall–Kier alpha value is -1.44. The zero-order chi connectivity index (χ0) is 13.9. The van der Waals surface area contributed by atoms with E-state index in [1.54, 1.807) is 18.2 Å². The minimum atomic E-state index is -0.494. The topological polar surface area (TPSA) is 87.1 Å². The Balaban J connectivity index is 0.00000161. The summed E-state index contributed by atoms with van der Waals surface area (Å²) in [4.78, 5) is 25.6. The van der Waals surface area contributed by atoms with E-state index in [1.807, 2.05) is 11.8 Å².